The quantitative estimate of drug-likeness (QED) is 0.592. The number of aromatic nitrogens is 1. The molecule has 3 unspecified atom stereocenters. The number of carbonyl (C=O) groups excluding carboxylic acids is 1. The van der Waals surface area contributed by atoms with E-state index in [1.54, 1.807) is 0 Å². The summed E-state index contributed by atoms with van der Waals surface area (Å²) in [5, 5.41) is 0. The zero-order chi connectivity index (χ0) is 27.5. The van der Waals surface area contributed by atoms with E-state index in [9.17, 15) is 26.4 Å². The van der Waals surface area contributed by atoms with Gasteiger partial charge in [-0.1, -0.05) is 0 Å². The molecule has 1 N–H and O–H groups in total. The Hall–Kier alpha value is -2.16. The van der Waals surface area contributed by atoms with E-state index in [0.29, 0.717) is 37.8 Å². The number of rotatable bonds is 4. The molecule has 3 aliphatic heterocycles. The van der Waals surface area contributed by atoms with Crippen molar-refractivity contribution in [1.82, 2.24) is 14.6 Å². The Morgan fingerprint density at radius 1 is 1.16 bits per heavy atom. The van der Waals surface area contributed by atoms with Crippen LogP contribution in [0.2, 0.25) is 0 Å². The number of amides is 1. The smallest absolute Gasteiger partial charge is 0.416 e. The van der Waals surface area contributed by atoms with Crippen LogP contribution in [0, 0.1) is 0 Å². The van der Waals surface area contributed by atoms with Crippen LogP contribution in [0.4, 0.5) is 18.0 Å². The van der Waals surface area contributed by atoms with Gasteiger partial charge in [-0.2, -0.15) is 13.2 Å². The molecule has 0 aromatic carbocycles. The van der Waals surface area contributed by atoms with E-state index in [0.717, 1.165) is 18.4 Å². The first-order chi connectivity index (χ1) is 17.9. The lowest BCUT2D eigenvalue weighted by molar-refractivity contribution is -0.137. The molecule has 1 saturated heterocycles. The predicted molar refractivity (Wildman–Crippen MR) is 129 cm³/mol. The van der Waals surface area contributed by atoms with Gasteiger partial charge in [-0.15, -0.1) is 0 Å². The van der Waals surface area contributed by atoms with Crippen molar-refractivity contribution in [3.8, 4) is 5.88 Å². The number of carbonyl (C=O) groups is 1. The van der Waals surface area contributed by atoms with Crippen LogP contribution in [0.3, 0.4) is 0 Å². The van der Waals surface area contributed by atoms with Crippen LogP contribution in [0.5, 0.6) is 5.88 Å². The molecule has 38 heavy (non-hydrogen) atoms. The van der Waals surface area contributed by atoms with Gasteiger partial charge >= 0.3 is 12.3 Å². The van der Waals surface area contributed by atoms with Crippen LogP contribution in [0.25, 0.3) is 0 Å². The van der Waals surface area contributed by atoms with Gasteiger partial charge in [0.05, 0.1) is 56.4 Å². The Labute approximate surface area is 220 Å². The van der Waals surface area contributed by atoms with Crippen LogP contribution in [0.1, 0.15) is 55.7 Å². The van der Waals surface area contributed by atoms with Crippen molar-refractivity contribution in [2.24, 2.45) is 0 Å². The van der Waals surface area contributed by atoms with E-state index in [4.69, 9.17) is 18.9 Å². The van der Waals surface area contributed by atoms with E-state index in [1.807, 2.05) is 0 Å². The minimum atomic E-state index is -4.54. The molecular formula is C24H34F3N3O7S. The summed E-state index contributed by atoms with van der Waals surface area (Å²) in [5.41, 5.74) is -0.472. The monoisotopic (exact) mass is 565 g/mol. The standard InChI is InChI=1S/C24H34F3N3O7S/c1-34-13-17-12-20(29-38(2,32)33)21-14-37-18-6-4-15(5-7-18)19-10-16(24(25,26)27)11-22(28-19)35-8-3-9-36-23(31)30(17)21/h10-11,15,17-18,20-21,29H,3-9,12-14H2,1-2H3. The summed E-state index contributed by atoms with van der Waals surface area (Å²) < 4.78 is 89.8. The van der Waals surface area contributed by atoms with Gasteiger partial charge in [0.1, 0.15) is 0 Å². The molecule has 214 valence electrons. The summed E-state index contributed by atoms with van der Waals surface area (Å²) in [7, 11) is -2.07. The molecule has 3 atom stereocenters. The van der Waals surface area contributed by atoms with Gasteiger partial charge < -0.3 is 18.9 Å². The van der Waals surface area contributed by atoms with Crippen LogP contribution >= 0.6 is 0 Å². The van der Waals surface area contributed by atoms with Crippen molar-refractivity contribution < 1.29 is 45.3 Å². The third-order valence-corrected chi connectivity index (χ3v) is 7.92. The van der Waals surface area contributed by atoms with Crippen LogP contribution in [-0.4, -0.2) is 88.4 Å². The van der Waals surface area contributed by atoms with Crippen LogP contribution < -0.4 is 9.46 Å². The lowest BCUT2D eigenvalue weighted by atomic mass is 9.84. The normalized spacial score (nSPS) is 29.3. The molecule has 1 aromatic rings. The molecule has 0 radical (unpaired) electrons. The molecule has 4 heterocycles. The van der Waals surface area contributed by atoms with Crippen LogP contribution in [0.15, 0.2) is 12.1 Å². The molecule has 10 nitrogen and oxygen atoms in total. The first kappa shape index (κ1) is 28.8. The van der Waals surface area contributed by atoms with Crippen molar-refractivity contribution in [2.75, 3.05) is 39.8 Å². The number of methoxy groups -OCH3 is 1. The average molecular weight is 566 g/mol. The van der Waals surface area contributed by atoms with E-state index in [1.165, 1.54) is 12.0 Å². The lowest BCUT2D eigenvalue weighted by Crippen LogP contribution is -2.51. The topological polar surface area (TPSA) is 116 Å². The number of hydrogen-bond acceptors (Lipinski definition) is 8. The van der Waals surface area contributed by atoms with Crippen molar-refractivity contribution in [2.45, 2.75) is 74.8 Å². The van der Waals surface area contributed by atoms with Gasteiger partial charge in [0, 0.05) is 37.3 Å². The highest BCUT2D eigenvalue weighted by Crippen LogP contribution is 2.38. The Morgan fingerprint density at radius 2 is 1.87 bits per heavy atom. The number of nitrogens with one attached hydrogen (secondary N) is 1. The first-order valence-electron chi connectivity index (χ1n) is 12.7. The van der Waals surface area contributed by atoms with Crippen LogP contribution in [-0.2, 0) is 30.4 Å². The summed E-state index contributed by atoms with van der Waals surface area (Å²) >= 11 is 0. The fourth-order valence-electron chi connectivity index (χ4n) is 5.45. The molecule has 1 aromatic heterocycles. The molecule has 1 saturated carbocycles. The third-order valence-electron chi connectivity index (χ3n) is 7.18. The summed E-state index contributed by atoms with van der Waals surface area (Å²) in [6.45, 7) is 0.210. The summed E-state index contributed by atoms with van der Waals surface area (Å²) in [4.78, 5) is 19.0. The molecule has 1 aliphatic carbocycles. The second-order valence-electron chi connectivity index (χ2n) is 10.1. The second kappa shape index (κ2) is 11.9. The highest BCUT2D eigenvalue weighted by atomic mass is 32.2. The number of alkyl halides is 3. The maximum atomic E-state index is 13.5. The predicted octanol–water partition coefficient (Wildman–Crippen LogP) is 3.07. The van der Waals surface area contributed by atoms with Crippen molar-refractivity contribution in [3.05, 3.63) is 23.4 Å². The van der Waals surface area contributed by atoms with E-state index in [2.05, 4.69) is 9.71 Å². The maximum Gasteiger partial charge on any atom is 0.416 e. The Balaban J connectivity index is 1.57. The second-order valence-corrected chi connectivity index (χ2v) is 11.8. The van der Waals surface area contributed by atoms with Crippen molar-refractivity contribution >= 4 is 16.1 Å². The van der Waals surface area contributed by atoms with Gasteiger partial charge in [-0.25, -0.2) is 22.9 Å². The fourth-order valence-corrected chi connectivity index (χ4v) is 6.26. The average Bonchev–Trinajstić information content (AvgIpc) is 3.16. The summed E-state index contributed by atoms with van der Waals surface area (Å²) in [6.07, 6.45) is -1.44. The Bertz CT molecular complexity index is 1080. The number of ether oxygens (including phenoxy) is 4. The van der Waals surface area contributed by atoms with Crippen molar-refractivity contribution in [1.29, 1.82) is 0 Å². The molecule has 1 amide bonds. The SMILES string of the molecule is COCC1CC(NS(C)(=O)=O)C2COC3CCC(CC3)c3cc(C(F)(F)F)cc(n3)OCCCOC(=O)N12. The number of nitrogens with zero attached hydrogens (tertiary/aromatic N) is 2. The first-order valence-corrected chi connectivity index (χ1v) is 14.6. The van der Waals surface area contributed by atoms with E-state index < -0.39 is 46.0 Å². The van der Waals surface area contributed by atoms with Gasteiger partial charge in [-0.05, 0) is 38.2 Å². The van der Waals surface area contributed by atoms with Crippen molar-refractivity contribution in [3.63, 3.8) is 0 Å². The Kier molecular flexibility index (Phi) is 9.05. The minimum absolute atomic E-state index is 0.0000689. The number of sulfonamides is 1. The Morgan fingerprint density at radius 3 is 2.53 bits per heavy atom. The highest BCUT2D eigenvalue weighted by Gasteiger charge is 2.46. The molecular weight excluding hydrogens is 531 g/mol. The zero-order valence-corrected chi connectivity index (χ0v) is 22.2. The van der Waals surface area contributed by atoms with Gasteiger partial charge in [0.2, 0.25) is 15.9 Å². The summed E-state index contributed by atoms with van der Waals surface area (Å²) in [6, 6.07) is 0.333. The fraction of sp³-hybridized carbons (Fsp3) is 0.750. The molecule has 4 aliphatic rings. The van der Waals surface area contributed by atoms with E-state index >= 15 is 0 Å². The number of pyridine rings is 1. The molecule has 5 rings (SSSR count). The third kappa shape index (κ3) is 7.27. The molecule has 0 spiro atoms. The lowest BCUT2D eigenvalue weighted by Gasteiger charge is -2.33. The molecule has 4 bridgehead atoms. The summed E-state index contributed by atoms with van der Waals surface area (Å²) in [5.74, 6) is -0.285. The van der Waals surface area contributed by atoms with Gasteiger partial charge in [-0.3, -0.25) is 4.90 Å². The molecule has 14 heteroatoms. The highest BCUT2D eigenvalue weighted by molar-refractivity contribution is 7.88. The van der Waals surface area contributed by atoms with Gasteiger partial charge in [0.25, 0.3) is 0 Å². The number of halogens is 3. The largest absolute Gasteiger partial charge is 0.478 e. The van der Waals surface area contributed by atoms with Gasteiger partial charge in [0.15, 0.2) is 0 Å². The number of hydrogen-bond donors (Lipinski definition) is 1. The number of fused-ring (bicyclic) bond motifs is 8. The molecule has 2 fully saturated rings. The zero-order valence-electron chi connectivity index (χ0n) is 21.4. The maximum absolute atomic E-state index is 13.5. The van der Waals surface area contributed by atoms with E-state index in [-0.39, 0.29) is 50.8 Å². The minimum Gasteiger partial charge on any atom is -0.478 e.